The first-order valence-electron chi connectivity index (χ1n) is 6.84. The van der Waals surface area contributed by atoms with Gasteiger partial charge in [0.1, 0.15) is 6.29 Å². The zero-order valence-corrected chi connectivity index (χ0v) is 11.3. The molecular weight excluding hydrogens is 234 g/mol. The van der Waals surface area contributed by atoms with E-state index < -0.39 is 0 Å². The molecule has 0 fully saturated rings. The molecule has 1 N–H and O–H groups in total. The van der Waals surface area contributed by atoms with Gasteiger partial charge in [0.2, 0.25) is 0 Å². The molecule has 0 radical (unpaired) electrons. The molecule has 19 heavy (non-hydrogen) atoms. The van der Waals surface area contributed by atoms with Crippen LogP contribution in [0.25, 0.3) is 0 Å². The number of aryl methyl sites for hydroxylation is 1. The Morgan fingerprint density at radius 2 is 2.16 bits per heavy atom. The molecule has 1 aromatic carbocycles. The van der Waals surface area contributed by atoms with Crippen molar-refractivity contribution in [2.75, 3.05) is 6.54 Å². The Bertz CT molecular complexity index is 478. The molecule has 0 saturated carbocycles. The van der Waals surface area contributed by atoms with Gasteiger partial charge in [-0.3, -0.25) is 4.79 Å². The van der Waals surface area contributed by atoms with Gasteiger partial charge < -0.3 is 5.32 Å². The molecule has 0 unspecified atom stereocenters. The predicted molar refractivity (Wildman–Crippen MR) is 79.7 cm³/mol. The predicted octanol–water partition coefficient (Wildman–Crippen LogP) is 3.25. The Kier molecular flexibility index (Phi) is 4.69. The van der Waals surface area contributed by atoms with Crippen molar-refractivity contribution >= 4 is 6.29 Å². The summed E-state index contributed by atoms with van der Waals surface area (Å²) in [7, 11) is 0. The Morgan fingerprint density at radius 1 is 1.32 bits per heavy atom. The standard InChI is InChI=1S/C17H21NO/c1-3-6-15-16(18-11-4-2)10-9-13-7-5-8-14(12-19)17(13)15/h3-5,7-8,12,15-16,18H,1-2,6,9-11H2/t15-,16-/m0/s1. The third kappa shape index (κ3) is 2.85. The van der Waals surface area contributed by atoms with Crippen LogP contribution in [-0.2, 0) is 6.42 Å². The topological polar surface area (TPSA) is 29.1 Å². The van der Waals surface area contributed by atoms with Crippen LogP contribution < -0.4 is 5.32 Å². The first-order chi connectivity index (χ1) is 9.31. The number of benzene rings is 1. The summed E-state index contributed by atoms with van der Waals surface area (Å²) in [4.78, 5) is 11.3. The fourth-order valence-corrected chi connectivity index (χ4v) is 3.06. The molecule has 1 aliphatic rings. The zero-order chi connectivity index (χ0) is 13.7. The molecule has 0 spiro atoms. The van der Waals surface area contributed by atoms with Gasteiger partial charge in [0.25, 0.3) is 0 Å². The number of hydrogen-bond acceptors (Lipinski definition) is 2. The number of fused-ring (bicyclic) bond motifs is 1. The SMILES string of the molecule is C=CCN[C@H]1CCc2cccc(C=O)c2[C@H]1CC=C. The van der Waals surface area contributed by atoms with Crippen molar-refractivity contribution in [2.24, 2.45) is 0 Å². The first-order valence-corrected chi connectivity index (χ1v) is 6.84. The summed E-state index contributed by atoms with van der Waals surface area (Å²) in [6.45, 7) is 8.42. The van der Waals surface area contributed by atoms with E-state index in [0.29, 0.717) is 12.0 Å². The van der Waals surface area contributed by atoms with Crippen molar-refractivity contribution in [3.8, 4) is 0 Å². The molecule has 2 atom stereocenters. The minimum Gasteiger partial charge on any atom is -0.310 e. The molecule has 2 nitrogen and oxygen atoms in total. The van der Waals surface area contributed by atoms with Crippen LogP contribution in [0.3, 0.4) is 0 Å². The third-order valence-electron chi connectivity index (χ3n) is 3.88. The van der Waals surface area contributed by atoms with Crippen LogP contribution in [0.1, 0.15) is 40.2 Å². The molecule has 0 aliphatic heterocycles. The van der Waals surface area contributed by atoms with E-state index in [4.69, 9.17) is 0 Å². The summed E-state index contributed by atoms with van der Waals surface area (Å²) in [6.07, 6.45) is 7.83. The Balaban J connectivity index is 2.37. The molecule has 0 amide bonds. The number of allylic oxidation sites excluding steroid dienone is 1. The fourth-order valence-electron chi connectivity index (χ4n) is 3.06. The van der Waals surface area contributed by atoms with Gasteiger partial charge in [-0.2, -0.15) is 0 Å². The van der Waals surface area contributed by atoms with Crippen molar-refractivity contribution in [2.45, 2.75) is 31.2 Å². The molecular formula is C17H21NO. The maximum Gasteiger partial charge on any atom is 0.150 e. The highest BCUT2D eigenvalue weighted by molar-refractivity contribution is 5.78. The number of rotatable bonds is 6. The van der Waals surface area contributed by atoms with E-state index >= 15 is 0 Å². The van der Waals surface area contributed by atoms with E-state index in [1.54, 1.807) is 0 Å². The number of nitrogens with one attached hydrogen (secondary N) is 1. The number of aldehydes is 1. The van der Waals surface area contributed by atoms with Crippen LogP contribution in [0.15, 0.2) is 43.5 Å². The van der Waals surface area contributed by atoms with E-state index in [-0.39, 0.29) is 0 Å². The van der Waals surface area contributed by atoms with E-state index in [9.17, 15) is 4.79 Å². The Morgan fingerprint density at radius 3 is 2.84 bits per heavy atom. The van der Waals surface area contributed by atoms with Crippen molar-refractivity contribution in [3.05, 3.63) is 60.2 Å². The minimum atomic E-state index is 0.336. The molecule has 2 heteroatoms. The maximum atomic E-state index is 11.3. The van der Waals surface area contributed by atoms with Gasteiger partial charge in [-0.05, 0) is 30.4 Å². The molecule has 1 aliphatic carbocycles. The minimum absolute atomic E-state index is 0.336. The lowest BCUT2D eigenvalue weighted by atomic mass is 9.75. The number of carbonyl (C=O) groups excluding carboxylic acids is 1. The van der Waals surface area contributed by atoms with Gasteiger partial charge >= 0.3 is 0 Å². The highest BCUT2D eigenvalue weighted by atomic mass is 16.1. The summed E-state index contributed by atoms with van der Waals surface area (Å²) < 4.78 is 0. The zero-order valence-electron chi connectivity index (χ0n) is 11.3. The van der Waals surface area contributed by atoms with Gasteiger partial charge in [-0.1, -0.05) is 30.4 Å². The summed E-state index contributed by atoms with van der Waals surface area (Å²) in [5.41, 5.74) is 3.35. The summed E-state index contributed by atoms with van der Waals surface area (Å²) in [5, 5.41) is 3.52. The van der Waals surface area contributed by atoms with E-state index in [1.165, 1.54) is 11.1 Å². The second-order valence-electron chi connectivity index (χ2n) is 5.01. The van der Waals surface area contributed by atoms with Crippen LogP contribution in [-0.4, -0.2) is 18.9 Å². The number of carbonyl (C=O) groups is 1. The van der Waals surface area contributed by atoms with Gasteiger partial charge in [-0.15, -0.1) is 13.2 Å². The van der Waals surface area contributed by atoms with Crippen molar-refractivity contribution < 1.29 is 4.79 Å². The first kappa shape index (κ1) is 13.8. The van der Waals surface area contributed by atoms with Crippen molar-refractivity contribution in [1.29, 1.82) is 0 Å². The Hall–Kier alpha value is -1.67. The second kappa shape index (κ2) is 6.48. The van der Waals surface area contributed by atoms with Gasteiger partial charge in [-0.25, -0.2) is 0 Å². The summed E-state index contributed by atoms with van der Waals surface area (Å²) in [6, 6.07) is 6.43. The summed E-state index contributed by atoms with van der Waals surface area (Å²) >= 11 is 0. The fraction of sp³-hybridized carbons (Fsp3) is 0.353. The average Bonchev–Trinajstić information content (AvgIpc) is 2.45. The monoisotopic (exact) mass is 255 g/mol. The van der Waals surface area contributed by atoms with Gasteiger partial charge in [0, 0.05) is 24.1 Å². The maximum absolute atomic E-state index is 11.3. The second-order valence-corrected chi connectivity index (χ2v) is 5.01. The van der Waals surface area contributed by atoms with Crippen molar-refractivity contribution in [3.63, 3.8) is 0 Å². The summed E-state index contributed by atoms with van der Waals surface area (Å²) in [5.74, 6) is 0.336. The third-order valence-corrected chi connectivity index (χ3v) is 3.88. The lowest BCUT2D eigenvalue weighted by molar-refractivity contribution is 0.112. The molecule has 0 aromatic heterocycles. The van der Waals surface area contributed by atoms with Crippen molar-refractivity contribution in [1.82, 2.24) is 5.32 Å². The van der Waals surface area contributed by atoms with Crippen LogP contribution in [0.4, 0.5) is 0 Å². The molecule has 1 aromatic rings. The van der Waals surface area contributed by atoms with Gasteiger partial charge in [0.15, 0.2) is 0 Å². The molecule has 2 rings (SSSR count). The average molecular weight is 255 g/mol. The largest absolute Gasteiger partial charge is 0.310 e. The highest BCUT2D eigenvalue weighted by Gasteiger charge is 2.29. The van der Waals surface area contributed by atoms with E-state index in [0.717, 1.165) is 37.7 Å². The van der Waals surface area contributed by atoms with Crippen LogP contribution in [0.2, 0.25) is 0 Å². The Labute approximate surface area is 115 Å². The van der Waals surface area contributed by atoms with Gasteiger partial charge in [0.05, 0.1) is 0 Å². The van der Waals surface area contributed by atoms with Crippen LogP contribution in [0, 0.1) is 0 Å². The van der Waals surface area contributed by atoms with Crippen LogP contribution >= 0.6 is 0 Å². The molecule has 0 bridgehead atoms. The smallest absolute Gasteiger partial charge is 0.150 e. The lowest BCUT2D eigenvalue weighted by Gasteiger charge is -2.34. The lowest BCUT2D eigenvalue weighted by Crippen LogP contribution is -2.38. The highest BCUT2D eigenvalue weighted by Crippen LogP contribution is 2.36. The molecule has 0 saturated heterocycles. The normalized spacial score (nSPS) is 21.5. The quantitative estimate of drug-likeness (QED) is 0.624. The number of hydrogen-bond donors (Lipinski definition) is 1. The molecule has 0 heterocycles. The van der Waals surface area contributed by atoms with E-state index in [1.807, 2.05) is 24.3 Å². The van der Waals surface area contributed by atoms with E-state index in [2.05, 4.69) is 24.5 Å². The molecule has 100 valence electrons. The van der Waals surface area contributed by atoms with Crippen LogP contribution in [0.5, 0.6) is 0 Å².